The molecule has 6 nitrogen and oxygen atoms in total. The Kier molecular flexibility index (Phi) is 6.68. The molecule has 10 heteroatoms. The Labute approximate surface area is 173 Å². The quantitative estimate of drug-likeness (QED) is 0.486. The molecule has 152 valence electrons. The largest absolute Gasteiger partial charge is 0.256 e. The van der Waals surface area contributed by atoms with Crippen molar-refractivity contribution >= 4 is 31.8 Å². The second-order valence-electron chi connectivity index (χ2n) is 5.79. The van der Waals surface area contributed by atoms with Gasteiger partial charge in [-0.15, -0.1) is 0 Å². The van der Waals surface area contributed by atoms with E-state index in [0.717, 1.165) is 0 Å². The topological polar surface area (TPSA) is 84.4 Å². The number of halogens is 1. The van der Waals surface area contributed by atoms with Crippen LogP contribution in [0.3, 0.4) is 0 Å². The minimum atomic E-state index is -4.52. The highest BCUT2D eigenvalue weighted by Crippen LogP contribution is 2.29. The molecule has 1 heterocycles. The van der Waals surface area contributed by atoms with Crippen LogP contribution in [0.4, 0.5) is 4.39 Å². The second-order valence-corrected chi connectivity index (χ2v) is 10.9. The first kappa shape index (κ1) is 21.4. The van der Waals surface area contributed by atoms with Gasteiger partial charge in [-0.2, -0.15) is 0 Å². The Morgan fingerprint density at radius 1 is 0.793 bits per heavy atom. The van der Waals surface area contributed by atoms with Crippen molar-refractivity contribution in [1.29, 1.82) is 0 Å². The van der Waals surface area contributed by atoms with Gasteiger partial charge in [-0.3, -0.25) is 0 Å². The fourth-order valence-electron chi connectivity index (χ4n) is 2.45. The van der Waals surface area contributed by atoms with E-state index in [4.69, 9.17) is 0 Å². The lowest BCUT2D eigenvalue weighted by Gasteiger charge is -2.23. The van der Waals surface area contributed by atoms with Crippen LogP contribution in [-0.4, -0.2) is 37.6 Å². The average molecular weight is 453 g/mol. The Balaban J connectivity index is 2.00. The van der Waals surface area contributed by atoms with Crippen LogP contribution in [0.25, 0.3) is 0 Å². The summed E-state index contributed by atoms with van der Waals surface area (Å²) in [5.41, 5.74) is -1.86. The van der Waals surface area contributed by atoms with Crippen LogP contribution in [0.2, 0.25) is 0 Å². The van der Waals surface area contributed by atoms with Crippen molar-refractivity contribution in [2.24, 2.45) is 0 Å². The number of hydrogen-bond acceptors (Lipinski definition) is 6. The summed E-state index contributed by atoms with van der Waals surface area (Å²) in [5.74, 6) is 0. The normalized spacial score (nSPS) is 13.3. The summed E-state index contributed by atoms with van der Waals surface area (Å²) < 4.78 is 67.4. The standard InChI is InChI=1S/C19H17FN2O4S3/c20-18(27-19-13-7-8-14-21-19)15-22(28(23,24)16-9-3-1-4-10-16)29(25,26)17-11-5-2-6-12-17/h1-14,18H,15H2. The van der Waals surface area contributed by atoms with Crippen molar-refractivity contribution in [3.8, 4) is 0 Å². The van der Waals surface area contributed by atoms with Gasteiger partial charge in [-0.1, -0.05) is 57.9 Å². The Morgan fingerprint density at radius 2 is 1.28 bits per heavy atom. The summed E-state index contributed by atoms with van der Waals surface area (Å²) in [6, 6.07) is 19.0. The van der Waals surface area contributed by atoms with E-state index in [-0.39, 0.29) is 13.5 Å². The van der Waals surface area contributed by atoms with Crippen LogP contribution in [-0.2, 0) is 20.0 Å². The third-order valence-electron chi connectivity index (χ3n) is 3.80. The zero-order valence-electron chi connectivity index (χ0n) is 15.0. The summed E-state index contributed by atoms with van der Waals surface area (Å²) in [7, 11) is -9.05. The van der Waals surface area contributed by atoms with Gasteiger partial charge in [-0.25, -0.2) is 26.2 Å². The monoisotopic (exact) mass is 452 g/mol. The van der Waals surface area contributed by atoms with Crippen LogP contribution in [0.5, 0.6) is 0 Å². The number of nitrogens with zero attached hydrogens (tertiary/aromatic N) is 2. The molecule has 0 saturated carbocycles. The summed E-state index contributed by atoms with van der Waals surface area (Å²) in [4.78, 5) is 3.49. The predicted molar refractivity (Wildman–Crippen MR) is 109 cm³/mol. The molecule has 2 aromatic carbocycles. The van der Waals surface area contributed by atoms with Gasteiger partial charge in [0, 0.05) is 6.20 Å². The number of aromatic nitrogens is 1. The summed E-state index contributed by atoms with van der Waals surface area (Å²) in [6.45, 7) is -0.893. The fourth-order valence-corrected chi connectivity index (χ4v) is 7.08. The van der Waals surface area contributed by atoms with Gasteiger partial charge in [-0.05, 0) is 36.4 Å². The number of hydrogen-bond donors (Lipinski definition) is 0. The van der Waals surface area contributed by atoms with Gasteiger partial charge in [0.1, 0.15) is 0 Å². The van der Waals surface area contributed by atoms with E-state index >= 15 is 0 Å². The van der Waals surface area contributed by atoms with Gasteiger partial charge >= 0.3 is 0 Å². The highest BCUT2D eigenvalue weighted by molar-refractivity contribution is 8.04. The first-order chi connectivity index (χ1) is 13.8. The van der Waals surface area contributed by atoms with Gasteiger partial charge in [0.15, 0.2) is 5.50 Å². The van der Waals surface area contributed by atoms with E-state index in [2.05, 4.69) is 4.98 Å². The Bertz CT molecular complexity index is 1070. The molecule has 1 atom stereocenters. The van der Waals surface area contributed by atoms with E-state index in [9.17, 15) is 21.2 Å². The minimum absolute atomic E-state index is 0.214. The van der Waals surface area contributed by atoms with Crippen molar-refractivity contribution in [3.05, 3.63) is 85.1 Å². The molecule has 0 N–H and O–H groups in total. The molecule has 0 fully saturated rings. The van der Waals surface area contributed by atoms with Gasteiger partial charge in [0.25, 0.3) is 20.0 Å². The maximum absolute atomic E-state index is 14.8. The molecule has 1 aromatic heterocycles. The molecule has 1 unspecified atom stereocenters. The fraction of sp³-hybridized carbons (Fsp3) is 0.105. The van der Waals surface area contributed by atoms with Crippen LogP contribution in [0, 0.1) is 0 Å². The lowest BCUT2D eigenvalue weighted by atomic mass is 10.4. The molecular weight excluding hydrogens is 435 g/mol. The third kappa shape index (κ3) is 5.02. The predicted octanol–water partition coefficient (Wildman–Crippen LogP) is 3.55. The van der Waals surface area contributed by atoms with Crippen molar-refractivity contribution in [1.82, 2.24) is 8.69 Å². The van der Waals surface area contributed by atoms with E-state index in [1.54, 1.807) is 30.3 Å². The molecule has 0 amide bonds. The Hall–Kier alpha value is -2.27. The average Bonchev–Trinajstić information content (AvgIpc) is 2.74. The smallest absolute Gasteiger partial charge is 0.250 e. The first-order valence-corrected chi connectivity index (χ1v) is 12.2. The summed E-state index contributed by atoms with van der Waals surface area (Å²) in [6.07, 6.45) is 1.47. The molecule has 0 bridgehead atoms. The van der Waals surface area contributed by atoms with Crippen LogP contribution in [0.1, 0.15) is 0 Å². The molecule has 3 rings (SSSR count). The van der Waals surface area contributed by atoms with E-state index in [0.29, 0.717) is 16.8 Å². The van der Waals surface area contributed by atoms with Gasteiger partial charge in [0.05, 0.1) is 21.4 Å². The zero-order chi connectivity index (χ0) is 20.9. The van der Waals surface area contributed by atoms with E-state index < -0.39 is 32.1 Å². The number of pyridine rings is 1. The Morgan fingerprint density at radius 3 is 1.72 bits per heavy atom. The van der Waals surface area contributed by atoms with E-state index in [1.807, 2.05) is 0 Å². The molecule has 0 aliphatic carbocycles. The maximum Gasteiger partial charge on any atom is 0.256 e. The highest BCUT2D eigenvalue weighted by atomic mass is 32.3. The van der Waals surface area contributed by atoms with Crippen molar-refractivity contribution < 1.29 is 21.2 Å². The molecule has 3 aromatic rings. The number of sulfonamides is 2. The molecule has 0 saturated heterocycles. The number of alkyl halides is 1. The third-order valence-corrected chi connectivity index (χ3v) is 8.97. The molecular formula is C19H17FN2O4S3. The van der Waals surface area contributed by atoms with Crippen LogP contribution >= 0.6 is 11.8 Å². The second kappa shape index (κ2) is 9.04. The SMILES string of the molecule is O=S(=O)(c1ccccc1)N(CC(F)Sc1ccccn1)S(=O)(=O)c1ccccc1. The van der Waals surface area contributed by atoms with Crippen molar-refractivity contribution in [2.75, 3.05) is 6.54 Å². The summed E-state index contributed by atoms with van der Waals surface area (Å²) in [5, 5.41) is 0.314. The molecule has 0 aliphatic heterocycles. The number of benzene rings is 2. The number of thioether (sulfide) groups is 1. The minimum Gasteiger partial charge on any atom is -0.250 e. The zero-order valence-corrected chi connectivity index (χ0v) is 17.4. The molecule has 0 radical (unpaired) electrons. The molecule has 0 aliphatic rings. The van der Waals surface area contributed by atoms with Crippen LogP contribution in [0.15, 0.2) is 99.9 Å². The van der Waals surface area contributed by atoms with E-state index in [1.165, 1.54) is 54.7 Å². The highest BCUT2D eigenvalue weighted by Gasteiger charge is 2.38. The molecule has 0 spiro atoms. The van der Waals surface area contributed by atoms with Crippen LogP contribution < -0.4 is 0 Å². The first-order valence-electron chi connectivity index (χ1n) is 8.41. The van der Waals surface area contributed by atoms with Gasteiger partial charge in [0.2, 0.25) is 0 Å². The maximum atomic E-state index is 14.8. The van der Waals surface area contributed by atoms with Gasteiger partial charge < -0.3 is 0 Å². The summed E-state index contributed by atoms with van der Waals surface area (Å²) >= 11 is 0.646. The lowest BCUT2D eigenvalue weighted by molar-refractivity contribution is 0.394. The van der Waals surface area contributed by atoms with Crippen molar-refractivity contribution in [3.63, 3.8) is 0 Å². The number of rotatable bonds is 8. The molecule has 29 heavy (non-hydrogen) atoms. The lowest BCUT2D eigenvalue weighted by Crippen LogP contribution is -2.40. The van der Waals surface area contributed by atoms with Crippen molar-refractivity contribution in [2.45, 2.75) is 20.3 Å².